The van der Waals surface area contributed by atoms with Crippen molar-refractivity contribution < 1.29 is 13.2 Å². The Morgan fingerprint density at radius 1 is 0.738 bits per heavy atom. The predicted octanol–water partition coefficient (Wildman–Crippen LogP) is 9.13. The molecule has 0 bridgehead atoms. The first kappa shape index (κ1) is 27.5. The zero-order valence-electron chi connectivity index (χ0n) is 23.7. The average molecular weight is 560 g/mol. The first-order valence-corrected chi connectivity index (χ1v) is 14.5. The van der Waals surface area contributed by atoms with Crippen LogP contribution >= 0.6 is 0 Å². The number of furan rings is 2. The second kappa shape index (κ2) is 12.9. The Hall–Kier alpha value is -4.68. The third kappa shape index (κ3) is 5.99. The molecule has 0 aliphatic heterocycles. The van der Waals surface area contributed by atoms with Crippen molar-refractivity contribution in [2.45, 2.75) is 45.4 Å². The van der Waals surface area contributed by atoms with Crippen molar-refractivity contribution in [3.05, 3.63) is 150 Å². The Kier molecular flexibility index (Phi) is 8.43. The molecule has 212 valence electrons. The van der Waals surface area contributed by atoms with Crippen LogP contribution < -0.4 is 0 Å². The fourth-order valence-corrected chi connectivity index (χ4v) is 5.49. The van der Waals surface area contributed by atoms with Gasteiger partial charge in [0.25, 0.3) is 0 Å². The lowest BCUT2D eigenvalue weighted by atomic mass is 10.1. The SMILES string of the molecule is CCCCn1c(-c2ccccc2)nc(-c2ccc(F)cc2)c1CN(Cc1ccccc1)C(c1ccco1)c1ccco1. The molecule has 0 spiro atoms. The van der Waals surface area contributed by atoms with Crippen LogP contribution in [0.25, 0.3) is 22.6 Å². The van der Waals surface area contributed by atoms with Crippen molar-refractivity contribution in [3.63, 3.8) is 0 Å². The highest BCUT2D eigenvalue weighted by Crippen LogP contribution is 2.36. The highest BCUT2D eigenvalue weighted by molar-refractivity contribution is 5.68. The summed E-state index contributed by atoms with van der Waals surface area (Å²) in [6, 6.07) is 34.9. The quantitative estimate of drug-likeness (QED) is 0.150. The van der Waals surface area contributed by atoms with E-state index in [0.29, 0.717) is 13.1 Å². The smallest absolute Gasteiger partial charge is 0.140 e. The number of halogens is 1. The molecule has 42 heavy (non-hydrogen) atoms. The van der Waals surface area contributed by atoms with Gasteiger partial charge in [-0.25, -0.2) is 9.37 Å². The van der Waals surface area contributed by atoms with Gasteiger partial charge in [-0.3, -0.25) is 4.90 Å². The van der Waals surface area contributed by atoms with Crippen LogP contribution in [0.4, 0.5) is 4.39 Å². The molecule has 0 unspecified atom stereocenters. The van der Waals surface area contributed by atoms with E-state index in [0.717, 1.165) is 59.2 Å². The molecule has 5 nitrogen and oxygen atoms in total. The minimum absolute atomic E-state index is 0.268. The lowest BCUT2D eigenvalue weighted by Gasteiger charge is -2.30. The number of hydrogen-bond acceptors (Lipinski definition) is 4. The zero-order chi connectivity index (χ0) is 28.7. The highest BCUT2D eigenvalue weighted by Gasteiger charge is 2.30. The van der Waals surface area contributed by atoms with E-state index in [2.05, 4.69) is 52.8 Å². The van der Waals surface area contributed by atoms with Gasteiger partial charge in [0.15, 0.2) is 0 Å². The molecular weight excluding hydrogens is 525 g/mol. The van der Waals surface area contributed by atoms with Crippen LogP contribution in [-0.4, -0.2) is 14.5 Å². The molecule has 0 fully saturated rings. The molecule has 0 aliphatic rings. The lowest BCUT2D eigenvalue weighted by molar-refractivity contribution is 0.162. The maximum absolute atomic E-state index is 14.0. The van der Waals surface area contributed by atoms with Crippen molar-refractivity contribution in [2.24, 2.45) is 0 Å². The summed E-state index contributed by atoms with van der Waals surface area (Å²) in [5, 5.41) is 0. The Morgan fingerprint density at radius 2 is 1.38 bits per heavy atom. The van der Waals surface area contributed by atoms with Crippen molar-refractivity contribution in [1.29, 1.82) is 0 Å². The summed E-state index contributed by atoms with van der Waals surface area (Å²) in [6.45, 7) is 4.22. The second-order valence-corrected chi connectivity index (χ2v) is 10.4. The largest absolute Gasteiger partial charge is 0.467 e. The summed E-state index contributed by atoms with van der Waals surface area (Å²) in [4.78, 5) is 7.61. The fraction of sp³-hybridized carbons (Fsp3) is 0.194. The van der Waals surface area contributed by atoms with Gasteiger partial charge in [-0.05, 0) is 60.5 Å². The molecule has 3 aromatic carbocycles. The number of hydrogen-bond donors (Lipinski definition) is 0. The van der Waals surface area contributed by atoms with Gasteiger partial charge in [-0.1, -0.05) is 74.0 Å². The summed E-state index contributed by atoms with van der Waals surface area (Å²) in [5.74, 6) is 2.24. The Bertz CT molecular complexity index is 1630. The van der Waals surface area contributed by atoms with Gasteiger partial charge >= 0.3 is 0 Å². The van der Waals surface area contributed by atoms with Crippen LogP contribution in [0, 0.1) is 5.82 Å². The van der Waals surface area contributed by atoms with Crippen LogP contribution in [-0.2, 0) is 19.6 Å². The lowest BCUT2D eigenvalue weighted by Crippen LogP contribution is -2.30. The van der Waals surface area contributed by atoms with Crippen molar-refractivity contribution in [1.82, 2.24) is 14.5 Å². The number of benzene rings is 3. The number of unbranched alkanes of at least 4 members (excludes halogenated alkanes) is 1. The number of aromatic nitrogens is 2. The molecular formula is C36H34FN3O2. The van der Waals surface area contributed by atoms with E-state index < -0.39 is 0 Å². The normalized spacial score (nSPS) is 11.5. The summed E-state index contributed by atoms with van der Waals surface area (Å²) < 4.78 is 28.4. The fourth-order valence-electron chi connectivity index (χ4n) is 5.49. The molecule has 6 aromatic rings. The van der Waals surface area contributed by atoms with Crippen LogP contribution in [0.3, 0.4) is 0 Å². The molecule has 0 N–H and O–H groups in total. The van der Waals surface area contributed by atoms with Gasteiger partial charge in [0.05, 0.1) is 23.9 Å². The summed E-state index contributed by atoms with van der Waals surface area (Å²) in [6.07, 6.45) is 5.46. The molecule has 0 saturated carbocycles. The first-order chi connectivity index (χ1) is 20.7. The van der Waals surface area contributed by atoms with E-state index in [9.17, 15) is 4.39 Å². The summed E-state index contributed by atoms with van der Waals surface area (Å²) >= 11 is 0. The molecule has 0 radical (unpaired) electrons. The van der Waals surface area contributed by atoms with Gasteiger partial charge in [-0.15, -0.1) is 0 Å². The van der Waals surface area contributed by atoms with Gasteiger partial charge in [0.2, 0.25) is 0 Å². The van der Waals surface area contributed by atoms with Crippen molar-refractivity contribution in [2.75, 3.05) is 0 Å². The maximum Gasteiger partial charge on any atom is 0.140 e. The molecule has 3 aromatic heterocycles. The van der Waals surface area contributed by atoms with Gasteiger partial charge < -0.3 is 13.4 Å². The van der Waals surface area contributed by atoms with E-state index in [1.165, 1.54) is 17.7 Å². The van der Waals surface area contributed by atoms with E-state index in [1.54, 1.807) is 12.5 Å². The zero-order valence-corrected chi connectivity index (χ0v) is 23.7. The van der Waals surface area contributed by atoms with Crippen molar-refractivity contribution >= 4 is 0 Å². The summed E-state index contributed by atoms with van der Waals surface area (Å²) in [7, 11) is 0. The average Bonchev–Trinajstić information content (AvgIpc) is 3.81. The summed E-state index contributed by atoms with van der Waals surface area (Å²) in [5.41, 5.74) is 5.01. The third-order valence-corrected chi connectivity index (χ3v) is 7.53. The molecule has 0 atom stereocenters. The number of rotatable bonds is 12. The Morgan fingerprint density at radius 3 is 1.98 bits per heavy atom. The number of imidazole rings is 1. The van der Waals surface area contributed by atoms with Crippen molar-refractivity contribution in [3.8, 4) is 22.6 Å². The first-order valence-electron chi connectivity index (χ1n) is 14.5. The maximum atomic E-state index is 14.0. The van der Waals surface area contributed by atoms with Crippen LogP contribution in [0.2, 0.25) is 0 Å². The topological polar surface area (TPSA) is 47.3 Å². The molecule has 6 rings (SSSR count). The third-order valence-electron chi connectivity index (χ3n) is 7.53. The van der Waals surface area contributed by atoms with Gasteiger partial charge in [0, 0.05) is 30.8 Å². The Labute approximate surface area is 245 Å². The van der Waals surface area contributed by atoms with Gasteiger partial charge in [0.1, 0.15) is 29.2 Å². The van der Waals surface area contributed by atoms with E-state index in [1.807, 2.05) is 60.7 Å². The monoisotopic (exact) mass is 559 g/mol. The minimum atomic E-state index is -0.272. The van der Waals surface area contributed by atoms with Crippen LogP contribution in [0.5, 0.6) is 0 Å². The Balaban J connectivity index is 1.54. The molecule has 6 heteroatoms. The second-order valence-electron chi connectivity index (χ2n) is 10.4. The standard InChI is InChI=1S/C36H34FN3O2/c1-2-3-22-40-31(34(28-18-20-30(37)21-19-28)38-36(40)29-14-8-5-9-15-29)26-39(25-27-12-6-4-7-13-27)35(32-16-10-23-41-32)33-17-11-24-42-33/h4-21,23-24,35H,2-3,22,25-26H2,1H3. The molecule has 0 amide bonds. The van der Waals surface area contributed by atoms with Crippen LogP contribution in [0.15, 0.2) is 131 Å². The molecule has 3 heterocycles. The van der Waals surface area contributed by atoms with Crippen LogP contribution in [0.1, 0.15) is 48.6 Å². The minimum Gasteiger partial charge on any atom is -0.467 e. The van der Waals surface area contributed by atoms with E-state index in [-0.39, 0.29) is 11.9 Å². The van der Waals surface area contributed by atoms with E-state index >= 15 is 0 Å². The molecule has 0 saturated heterocycles. The number of nitrogens with zero attached hydrogens (tertiary/aromatic N) is 3. The van der Waals surface area contributed by atoms with E-state index in [4.69, 9.17) is 13.8 Å². The highest BCUT2D eigenvalue weighted by atomic mass is 19.1. The molecule has 0 aliphatic carbocycles. The predicted molar refractivity (Wildman–Crippen MR) is 163 cm³/mol. The van der Waals surface area contributed by atoms with Gasteiger partial charge in [-0.2, -0.15) is 0 Å².